The number of piperidine rings is 1. The largest absolute Gasteiger partial charge is 0.368 e. The maximum Gasteiger partial charge on any atom is 0.272 e. The smallest absolute Gasteiger partial charge is 0.272 e. The Bertz CT molecular complexity index is 584. The van der Waals surface area contributed by atoms with Crippen LogP contribution in [0.25, 0.3) is 0 Å². The fourth-order valence-electron chi connectivity index (χ4n) is 3.66. The Labute approximate surface area is 143 Å². The van der Waals surface area contributed by atoms with Crippen molar-refractivity contribution >= 4 is 18.0 Å². The van der Waals surface area contributed by atoms with Crippen molar-refractivity contribution in [2.24, 2.45) is 0 Å². The van der Waals surface area contributed by atoms with E-state index >= 15 is 0 Å². The monoisotopic (exact) mass is 330 g/mol. The van der Waals surface area contributed by atoms with Crippen LogP contribution in [0.15, 0.2) is 18.3 Å². The number of rotatable bonds is 4. The third-order valence-corrected chi connectivity index (χ3v) is 5.15. The average molecular weight is 330 g/mol. The van der Waals surface area contributed by atoms with Gasteiger partial charge in [0.2, 0.25) is 6.41 Å². The van der Waals surface area contributed by atoms with Gasteiger partial charge >= 0.3 is 0 Å². The minimum Gasteiger partial charge on any atom is -0.368 e. The second-order valence-corrected chi connectivity index (χ2v) is 6.58. The van der Waals surface area contributed by atoms with Crippen LogP contribution in [0.2, 0.25) is 0 Å². The van der Waals surface area contributed by atoms with Gasteiger partial charge < -0.3 is 14.7 Å². The Balaban J connectivity index is 1.73. The first-order valence-electron chi connectivity index (χ1n) is 8.94. The molecule has 2 aliphatic heterocycles. The van der Waals surface area contributed by atoms with Crippen LogP contribution in [0, 0.1) is 0 Å². The number of aromatic nitrogens is 1. The van der Waals surface area contributed by atoms with Gasteiger partial charge in [-0.15, -0.1) is 0 Å². The predicted octanol–water partition coefficient (Wildman–Crippen LogP) is 1.76. The zero-order chi connectivity index (χ0) is 16.9. The number of nitrogens with zero attached hydrogens (tertiary/aromatic N) is 4. The zero-order valence-corrected chi connectivity index (χ0v) is 14.4. The Kier molecular flexibility index (Phi) is 5.33. The van der Waals surface area contributed by atoms with Crippen LogP contribution in [0.5, 0.6) is 0 Å². The van der Waals surface area contributed by atoms with Crippen LogP contribution in [0.4, 0.5) is 5.69 Å². The summed E-state index contributed by atoms with van der Waals surface area (Å²) in [5.41, 5.74) is 1.55. The molecular weight excluding hydrogens is 304 g/mol. The molecule has 3 heterocycles. The van der Waals surface area contributed by atoms with Gasteiger partial charge in [0.1, 0.15) is 5.69 Å². The highest BCUT2D eigenvalue weighted by Crippen LogP contribution is 2.23. The molecule has 0 N–H and O–H groups in total. The van der Waals surface area contributed by atoms with Crippen LogP contribution in [-0.4, -0.2) is 65.9 Å². The van der Waals surface area contributed by atoms with Gasteiger partial charge in [-0.1, -0.05) is 6.92 Å². The van der Waals surface area contributed by atoms with Gasteiger partial charge in [-0.25, -0.2) is 0 Å². The molecule has 6 heteroatoms. The second-order valence-electron chi connectivity index (χ2n) is 6.58. The van der Waals surface area contributed by atoms with Gasteiger partial charge in [-0.05, 0) is 37.8 Å². The Morgan fingerprint density at radius 1 is 1.25 bits per heavy atom. The number of carbonyl (C=O) groups is 2. The van der Waals surface area contributed by atoms with E-state index in [0.717, 1.165) is 64.1 Å². The Morgan fingerprint density at radius 2 is 2.04 bits per heavy atom. The standard InChI is InChI=1S/C18H26N4O2/c1-2-15-5-3-4-8-22(15)18(24)17-13-16(6-7-19-17)21-11-9-20(14-23)10-12-21/h6-7,13-15H,2-5,8-12H2,1H3. The van der Waals surface area contributed by atoms with Crippen molar-refractivity contribution in [2.45, 2.75) is 38.6 Å². The van der Waals surface area contributed by atoms with E-state index in [1.54, 1.807) is 11.1 Å². The second kappa shape index (κ2) is 7.64. The van der Waals surface area contributed by atoms with Crippen molar-refractivity contribution < 1.29 is 9.59 Å². The Morgan fingerprint density at radius 3 is 2.75 bits per heavy atom. The van der Waals surface area contributed by atoms with Gasteiger partial charge in [0, 0.05) is 50.6 Å². The minimum absolute atomic E-state index is 0.0509. The highest BCUT2D eigenvalue weighted by atomic mass is 16.2. The first-order valence-corrected chi connectivity index (χ1v) is 8.94. The summed E-state index contributed by atoms with van der Waals surface area (Å²) in [5, 5.41) is 0. The number of carbonyl (C=O) groups excluding carboxylic acids is 2. The highest BCUT2D eigenvalue weighted by Gasteiger charge is 2.27. The molecule has 0 radical (unpaired) electrons. The van der Waals surface area contributed by atoms with E-state index in [9.17, 15) is 9.59 Å². The molecule has 6 nitrogen and oxygen atoms in total. The third kappa shape index (κ3) is 3.52. The summed E-state index contributed by atoms with van der Waals surface area (Å²) in [6, 6.07) is 4.19. The van der Waals surface area contributed by atoms with Crippen molar-refractivity contribution in [2.75, 3.05) is 37.6 Å². The van der Waals surface area contributed by atoms with Crippen molar-refractivity contribution in [3.05, 3.63) is 24.0 Å². The summed E-state index contributed by atoms with van der Waals surface area (Å²) in [6.07, 6.45) is 7.00. The minimum atomic E-state index is 0.0509. The normalized spacial score (nSPS) is 21.7. The van der Waals surface area contributed by atoms with Crippen LogP contribution in [-0.2, 0) is 4.79 Å². The molecule has 0 bridgehead atoms. The lowest BCUT2D eigenvalue weighted by atomic mass is 9.99. The van der Waals surface area contributed by atoms with Crippen molar-refractivity contribution in [3.8, 4) is 0 Å². The van der Waals surface area contributed by atoms with Gasteiger partial charge in [0.05, 0.1) is 0 Å². The quantitative estimate of drug-likeness (QED) is 0.790. The lowest BCUT2D eigenvalue weighted by molar-refractivity contribution is -0.118. The summed E-state index contributed by atoms with van der Waals surface area (Å²) < 4.78 is 0. The molecule has 1 aromatic heterocycles. The lowest BCUT2D eigenvalue weighted by Crippen LogP contribution is -2.46. The maximum atomic E-state index is 12.9. The number of hydrogen-bond acceptors (Lipinski definition) is 4. The number of hydrogen-bond donors (Lipinski definition) is 0. The average Bonchev–Trinajstić information content (AvgIpc) is 2.67. The molecule has 0 aromatic carbocycles. The van der Waals surface area contributed by atoms with Crippen molar-refractivity contribution in [1.29, 1.82) is 0 Å². The number of likely N-dealkylation sites (tertiary alicyclic amines) is 1. The summed E-state index contributed by atoms with van der Waals surface area (Å²) in [5.74, 6) is 0.0509. The first-order chi connectivity index (χ1) is 11.7. The summed E-state index contributed by atoms with van der Waals surface area (Å²) in [7, 11) is 0. The van der Waals surface area contributed by atoms with Crippen LogP contribution in [0.1, 0.15) is 43.1 Å². The van der Waals surface area contributed by atoms with E-state index in [-0.39, 0.29) is 5.91 Å². The highest BCUT2D eigenvalue weighted by molar-refractivity contribution is 5.93. The molecule has 1 aromatic rings. The van der Waals surface area contributed by atoms with Gasteiger partial charge in [0.25, 0.3) is 5.91 Å². The zero-order valence-electron chi connectivity index (χ0n) is 14.4. The van der Waals surface area contributed by atoms with Crippen LogP contribution in [0.3, 0.4) is 0 Å². The topological polar surface area (TPSA) is 56.8 Å². The number of piperazine rings is 1. The molecule has 1 atom stereocenters. The fraction of sp³-hybridized carbons (Fsp3) is 0.611. The van der Waals surface area contributed by atoms with Gasteiger partial charge in [-0.3, -0.25) is 14.6 Å². The molecule has 0 aliphatic carbocycles. The molecule has 1 unspecified atom stereocenters. The molecule has 0 saturated carbocycles. The van der Waals surface area contributed by atoms with Crippen molar-refractivity contribution in [1.82, 2.24) is 14.8 Å². The van der Waals surface area contributed by atoms with E-state index in [0.29, 0.717) is 11.7 Å². The van der Waals surface area contributed by atoms with E-state index < -0.39 is 0 Å². The summed E-state index contributed by atoms with van der Waals surface area (Å²) in [6.45, 7) is 6.00. The van der Waals surface area contributed by atoms with E-state index in [2.05, 4.69) is 16.8 Å². The summed E-state index contributed by atoms with van der Waals surface area (Å²) in [4.78, 5) is 34.0. The fourth-order valence-corrected chi connectivity index (χ4v) is 3.66. The van der Waals surface area contributed by atoms with Crippen molar-refractivity contribution in [3.63, 3.8) is 0 Å². The molecule has 2 aliphatic rings. The number of amides is 2. The van der Waals surface area contributed by atoms with E-state index in [4.69, 9.17) is 0 Å². The van der Waals surface area contributed by atoms with Crippen LogP contribution >= 0.6 is 0 Å². The molecule has 2 amide bonds. The maximum absolute atomic E-state index is 12.9. The number of anilines is 1. The van der Waals surface area contributed by atoms with E-state index in [1.165, 1.54) is 6.42 Å². The first kappa shape index (κ1) is 16.7. The molecule has 3 rings (SSSR count). The third-order valence-electron chi connectivity index (χ3n) is 5.15. The SMILES string of the molecule is CCC1CCCCN1C(=O)c1cc(N2CCN(C=O)CC2)ccn1. The molecule has 2 fully saturated rings. The van der Waals surface area contributed by atoms with E-state index in [1.807, 2.05) is 17.0 Å². The molecular formula is C18H26N4O2. The molecule has 130 valence electrons. The van der Waals surface area contributed by atoms with Crippen LogP contribution < -0.4 is 4.90 Å². The molecule has 0 spiro atoms. The van der Waals surface area contributed by atoms with Gasteiger partial charge in [0.15, 0.2) is 0 Å². The lowest BCUT2D eigenvalue weighted by Gasteiger charge is -2.36. The Hall–Kier alpha value is -2.11. The summed E-state index contributed by atoms with van der Waals surface area (Å²) >= 11 is 0. The molecule has 24 heavy (non-hydrogen) atoms. The number of pyridine rings is 1. The predicted molar refractivity (Wildman–Crippen MR) is 93.1 cm³/mol. The molecule has 2 saturated heterocycles. The van der Waals surface area contributed by atoms with Gasteiger partial charge in [-0.2, -0.15) is 0 Å².